The van der Waals surface area contributed by atoms with Gasteiger partial charge in [-0.25, -0.2) is 4.79 Å². The minimum absolute atomic E-state index is 0.0289. The molecular formula is C28H42O7. The summed E-state index contributed by atoms with van der Waals surface area (Å²) in [5.41, 5.74) is 1.48. The molecule has 0 bridgehead atoms. The van der Waals surface area contributed by atoms with Crippen molar-refractivity contribution in [3.63, 3.8) is 0 Å². The molecule has 2 fully saturated rings. The van der Waals surface area contributed by atoms with Crippen LogP contribution in [0.25, 0.3) is 0 Å². The van der Waals surface area contributed by atoms with Crippen molar-refractivity contribution in [2.24, 2.45) is 35.5 Å². The summed E-state index contributed by atoms with van der Waals surface area (Å²) in [6, 6.07) is 0. The summed E-state index contributed by atoms with van der Waals surface area (Å²) in [7, 11) is 0. The van der Waals surface area contributed by atoms with Gasteiger partial charge in [0.15, 0.2) is 11.9 Å². The zero-order chi connectivity index (χ0) is 26.6. The summed E-state index contributed by atoms with van der Waals surface area (Å²) in [4.78, 5) is 50.8. The quantitative estimate of drug-likeness (QED) is 0.198. The van der Waals surface area contributed by atoms with Crippen molar-refractivity contribution >= 4 is 23.7 Å². The van der Waals surface area contributed by atoms with E-state index in [4.69, 9.17) is 14.2 Å². The Balaban J connectivity index is 2.50. The Kier molecular flexibility index (Phi) is 9.87. The lowest BCUT2D eigenvalue weighted by molar-refractivity contribution is -0.161. The number of hydrogen-bond donors (Lipinski definition) is 0. The van der Waals surface area contributed by atoms with Crippen LogP contribution < -0.4 is 0 Å². The van der Waals surface area contributed by atoms with Gasteiger partial charge in [0.05, 0.1) is 11.8 Å². The molecular weight excluding hydrogens is 448 g/mol. The first kappa shape index (κ1) is 28.8. The zero-order valence-electron chi connectivity index (χ0n) is 22.5. The molecule has 0 saturated heterocycles. The minimum Gasteiger partial charge on any atom is -0.462 e. The van der Waals surface area contributed by atoms with E-state index in [-0.39, 0.29) is 29.5 Å². The van der Waals surface area contributed by atoms with E-state index in [0.717, 1.165) is 12.0 Å². The number of rotatable bonds is 9. The average molecular weight is 491 g/mol. The van der Waals surface area contributed by atoms with Gasteiger partial charge in [-0.15, -0.1) is 0 Å². The minimum atomic E-state index is -1.05. The first-order valence-electron chi connectivity index (χ1n) is 12.8. The third kappa shape index (κ3) is 6.42. The van der Waals surface area contributed by atoms with E-state index in [1.807, 2.05) is 20.8 Å². The van der Waals surface area contributed by atoms with Gasteiger partial charge in [-0.2, -0.15) is 0 Å². The largest absolute Gasteiger partial charge is 0.462 e. The van der Waals surface area contributed by atoms with Gasteiger partial charge in [0.1, 0.15) is 12.2 Å². The van der Waals surface area contributed by atoms with E-state index in [0.29, 0.717) is 18.4 Å². The Bertz CT molecular complexity index is 871. The van der Waals surface area contributed by atoms with Crippen LogP contribution in [-0.2, 0) is 33.4 Å². The van der Waals surface area contributed by atoms with E-state index in [1.54, 1.807) is 13.8 Å². The number of fused-ring (bicyclic) bond motifs is 1. The van der Waals surface area contributed by atoms with E-state index < -0.39 is 48.1 Å². The molecule has 0 N–H and O–H groups in total. The first-order valence-corrected chi connectivity index (χ1v) is 12.8. The second-order valence-corrected chi connectivity index (χ2v) is 10.5. The Labute approximate surface area is 209 Å². The van der Waals surface area contributed by atoms with E-state index in [1.165, 1.54) is 13.0 Å². The van der Waals surface area contributed by atoms with Crippen LogP contribution in [0.3, 0.4) is 0 Å². The number of ether oxygens (including phenoxy) is 3. The SMILES string of the molecule is C=C1[C@H]2[C@@H]([C@@H]([C@@H](C)OC(C)=O)C(=O)[C@H]2OC(=O)C(C)CC)[C@H](C(C)C)C[C@H]1OC(=O)/C=C(\C)CC. The first-order chi connectivity index (χ1) is 16.3. The lowest BCUT2D eigenvalue weighted by atomic mass is 9.63. The molecule has 7 nitrogen and oxygen atoms in total. The number of hydrogen-bond acceptors (Lipinski definition) is 7. The maximum atomic E-state index is 13.7. The molecule has 0 heterocycles. The number of carbonyl (C=O) groups is 4. The number of ketones is 1. The van der Waals surface area contributed by atoms with Gasteiger partial charge >= 0.3 is 17.9 Å². The zero-order valence-corrected chi connectivity index (χ0v) is 22.5. The summed E-state index contributed by atoms with van der Waals surface area (Å²) in [5, 5.41) is 0. The van der Waals surface area contributed by atoms with Crippen molar-refractivity contribution in [3.05, 3.63) is 23.8 Å². The maximum absolute atomic E-state index is 13.7. The van der Waals surface area contributed by atoms with Crippen LogP contribution in [0.1, 0.15) is 74.7 Å². The van der Waals surface area contributed by atoms with Crippen LogP contribution >= 0.6 is 0 Å². The highest BCUT2D eigenvalue weighted by atomic mass is 16.6. The third-order valence-corrected chi connectivity index (χ3v) is 7.74. The predicted octanol–water partition coefficient (Wildman–Crippen LogP) is 4.83. The topological polar surface area (TPSA) is 96.0 Å². The van der Waals surface area contributed by atoms with Gasteiger partial charge in [0.2, 0.25) is 0 Å². The van der Waals surface area contributed by atoms with E-state index in [2.05, 4.69) is 20.4 Å². The normalized spacial score (nSPS) is 30.5. The predicted molar refractivity (Wildman–Crippen MR) is 132 cm³/mol. The Hall–Kier alpha value is -2.44. The van der Waals surface area contributed by atoms with Gasteiger partial charge in [-0.05, 0) is 56.4 Å². The van der Waals surface area contributed by atoms with Crippen LogP contribution in [0.2, 0.25) is 0 Å². The molecule has 2 rings (SSSR count). The monoisotopic (exact) mass is 490 g/mol. The second kappa shape index (κ2) is 12.0. The standard InChI is InChI=1S/C28H42O7/c1-10-15(5)12-22(30)34-21-13-20(14(3)4)25-23(17(21)7)27(35-28(32)16(6)11-2)26(31)24(25)18(8)33-19(9)29/h12,14,16,18,20-21,23-25,27H,7,10-11,13H2,1-6,8-9H3/b15-12+/t16?,18-,20+,21-,23+,24-,25+,27+/m1/s1. The van der Waals surface area contributed by atoms with Gasteiger partial charge < -0.3 is 14.2 Å². The summed E-state index contributed by atoms with van der Waals surface area (Å²) in [6.07, 6.45) is 0.978. The molecule has 1 unspecified atom stereocenters. The van der Waals surface area contributed by atoms with Crippen LogP contribution in [0, 0.1) is 35.5 Å². The summed E-state index contributed by atoms with van der Waals surface area (Å²) < 4.78 is 17.1. The van der Waals surface area contributed by atoms with Crippen LogP contribution in [-0.4, -0.2) is 42.0 Å². The van der Waals surface area contributed by atoms with Crippen molar-refractivity contribution in [3.8, 4) is 0 Å². The van der Waals surface area contributed by atoms with Crippen LogP contribution in [0.5, 0.6) is 0 Å². The van der Waals surface area contributed by atoms with E-state index in [9.17, 15) is 19.2 Å². The molecule has 0 aromatic carbocycles. The lowest BCUT2D eigenvalue weighted by Crippen LogP contribution is -2.45. The fourth-order valence-electron chi connectivity index (χ4n) is 5.46. The van der Waals surface area contributed by atoms with Gasteiger partial charge in [0.25, 0.3) is 0 Å². The molecule has 35 heavy (non-hydrogen) atoms. The fraction of sp³-hybridized carbons (Fsp3) is 0.714. The molecule has 196 valence electrons. The highest BCUT2D eigenvalue weighted by Gasteiger charge is 2.61. The van der Waals surface area contributed by atoms with Gasteiger partial charge in [-0.3, -0.25) is 14.4 Å². The molecule has 2 aliphatic rings. The molecule has 8 atom stereocenters. The summed E-state index contributed by atoms with van der Waals surface area (Å²) >= 11 is 0. The number of carbonyl (C=O) groups excluding carboxylic acids is 4. The van der Waals surface area contributed by atoms with Crippen molar-refractivity contribution in [2.75, 3.05) is 0 Å². The Morgan fingerprint density at radius 2 is 1.71 bits per heavy atom. The molecule has 0 radical (unpaired) electrons. The number of esters is 3. The maximum Gasteiger partial charge on any atom is 0.331 e. The van der Waals surface area contributed by atoms with E-state index >= 15 is 0 Å². The van der Waals surface area contributed by atoms with Crippen molar-refractivity contribution in [1.82, 2.24) is 0 Å². The van der Waals surface area contributed by atoms with Crippen molar-refractivity contribution < 1.29 is 33.4 Å². The summed E-state index contributed by atoms with van der Waals surface area (Å²) in [6.45, 7) is 18.9. The van der Waals surface area contributed by atoms with Gasteiger partial charge in [0, 0.05) is 18.9 Å². The summed E-state index contributed by atoms with van der Waals surface area (Å²) in [5.74, 6) is -3.27. The van der Waals surface area contributed by atoms with Crippen molar-refractivity contribution in [1.29, 1.82) is 0 Å². The number of Topliss-reactive ketones (excluding diaryl/α,β-unsaturated/α-hetero) is 1. The van der Waals surface area contributed by atoms with Crippen LogP contribution in [0.4, 0.5) is 0 Å². The highest BCUT2D eigenvalue weighted by Crippen LogP contribution is 2.54. The average Bonchev–Trinajstić information content (AvgIpc) is 3.06. The Morgan fingerprint density at radius 3 is 2.23 bits per heavy atom. The highest BCUT2D eigenvalue weighted by molar-refractivity contribution is 5.92. The molecule has 0 amide bonds. The van der Waals surface area contributed by atoms with Crippen LogP contribution in [0.15, 0.2) is 23.8 Å². The van der Waals surface area contributed by atoms with Crippen molar-refractivity contribution in [2.45, 2.75) is 93.0 Å². The third-order valence-electron chi connectivity index (χ3n) is 7.74. The molecule has 0 aromatic rings. The molecule has 2 aliphatic carbocycles. The molecule has 7 heteroatoms. The lowest BCUT2D eigenvalue weighted by Gasteiger charge is -2.44. The molecule has 0 spiro atoms. The van der Waals surface area contributed by atoms with Gasteiger partial charge in [-0.1, -0.05) is 46.8 Å². The molecule has 0 aliphatic heterocycles. The fourth-order valence-corrected chi connectivity index (χ4v) is 5.46. The molecule has 2 saturated carbocycles. The Morgan fingerprint density at radius 1 is 1.09 bits per heavy atom. The second-order valence-electron chi connectivity index (χ2n) is 10.5. The smallest absolute Gasteiger partial charge is 0.331 e. The molecule has 0 aromatic heterocycles. The number of allylic oxidation sites excluding steroid dienone is 1.